The van der Waals surface area contributed by atoms with Crippen LogP contribution in [0.4, 0.5) is 4.39 Å². The van der Waals surface area contributed by atoms with Gasteiger partial charge in [0.05, 0.1) is 24.6 Å². The van der Waals surface area contributed by atoms with Crippen LogP contribution in [-0.2, 0) is 25.9 Å². The zero-order valence-corrected chi connectivity index (χ0v) is 46.0. The first-order chi connectivity index (χ1) is 36.8. The standard InChI is InChI=1S/C24H20BrNO.C21H22BrNO.C21H22FNO/c25-23(15-18-7-3-1-4-8-18)24-22-12-11-21(16-20(22)13-14-26-24)27-17-19-9-5-2-6-10-19;2*1-2-3-13-24-18-9-10-19-17(15-18)11-12-23-21(19)20(22)14-16-7-5-4-6-8-16/h1-12,15-16H,13-14,17H2;2*4-10,14-15H,2-3,11-13H2,1H3/b23-15-;2*20-14-. The first-order valence-corrected chi connectivity index (χ1v) is 27.7. The number of nitrogens with zero attached hydrogens (tertiary/aromatic N) is 3. The van der Waals surface area contributed by atoms with Crippen molar-refractivity contribution >= 4 is 67.2 Å². The molecule has 0 amide bonds. The van der Waals surface area contributed by atoms with E-state index in [1.54, 1.807) is 6.08 Å². The SMILES string of the molecule is Br/C(=C\c1ccccc1)C1=NCCc2cc(OCc3ccccc3)ccc21.CCCCOc1ccc2c(c1)CCN=C2/C(Br)=C/c1ccccc1.CCCCOc1ccc2c(c1)CCN=C2/C(F)=C/c1ccccc1. The highest BCUT2D eigenvalue weighted by Gasteiger charge is 2.21. The maximum absolute atomic E-state index is 14.7. The molecule has 3 aliphatic rings. The lowest BCUT2D eigenvalue weighted by Gasteiger charge is -2.18. The molecule has 7 aromatic rings. The predicted octanol–water partition coefficient (Wildman–Crippen LogP) is 16.9. The molecule has 0 spiro atoms. The van der Waals surface area contributed by atoms with E-state index in [4.69, 9.17) is 24.2 Å². The Morgan fingerprint density at radius 3 is 1.23 bits per heavy atom. The molecule has 382 valence electrons. The molecule has 6 nitrogen and oxygen atoms in total. The van der Waals surface area contributed by atoms with Crippen molar-refractivity contribution in [3.8, 4) is 17.2 Å². The number of hydrogen-bond donors (Lipinski definition) is 0. The van der Waals surface area contributed by atoms with Gasteiger partial charge >= 0.3 is 0 Å². The fourth-order valence-electron chi connectivity index (χ4n) is 8.73. The first kappa shape index (κ1) is 54.3. The molecule has 10 rings (SSSR count). The number of fused-ring (bicyclic) bond motifs is 3. The minimum atomic E-state index is -0.290. The quantitative estimate of drug-likeness (QED) is 0.0854. The van der Waals surface area contributed by atoms with Crippen molar-refractivity contribution in [2.45, 2.75) is 65.4 Å². The summed E-state index contributed by atoms with van der Waals surface area (Å²) in [5.74, 6) is 2.44. The predicted molar refractivity (Wildman–Crippen MR) is 318 cm³/mol. The third kappa shape index (κ3) is 16.0. The number of aliphatic imine (C=N–C) groups is 3. The average molecular weight is 1130 g/mol. The highest BCUT2D eigenvalue weighted by molar-refractivity contribution is 9.12. The Morgan fingerprint density at radius 2 is 0.813 bits per heavy atom. The van der Waals surface area contributed by atoms with Crippen molar-refractivity contribution in [2.24, 2.45) is 15.0 Å². The fourth-order valence-corrected chi connectivity index (χ4v) is 9.93. The van der Waals surface area contributed by atoms with Gasteiger partial charge in [0.2, 0.25) is 0 Å². The second-order valence-corrected chi connectivity index (χ2v) is 20.0. The molecule has 0 N–H and O–H groups in total. The summed E-state index contributed by atoms with van der Waals surface area (Å²) < 4.78 is 34.3. The first-order valence-electron chi connectivity index (χ1n) is 26.1. The number of rotatable bonds is 17. The Hall–Kier alpha value is -6.94. The average Bonchev–Trinajstić information content (AvgIpc) is 3.45. The van der Waals surface area contributed by atoms with E-state index in [0.29, 0.717) is 18.9 Å². The molecule has 75 heavy (non-hydrogen) atoms. The van der Waals surface area contributed by atoms with Crippen LogP contribution in [0.5, 0.6) is 17.2 Å². The maximum atomic E-state index is 14.7. The van der Waals surface area contributed by atoms with Gasteiger partial charge in [0.15, 0.2) is 0 Å². The number of unbranched alkanes of at least 4 members (excludes halogenated alkanes) is 2. The molecule has 0 unspecified atom stereocenters. The summed E-state index contributed by atoms with van der Waals surface area (Å²) in [4.78, 5) is 13.9. The number of hydrogen-bond acceptors (Lipinski definition) is 6. The Labute approximate surface area is 459 Å². The lowest BCUT2D eigenvalue weighted by molar-refractivity contribution is 0.306. The van der Waals surface area contributed by atoms with Gasteiger partial charge in [0.1, 0.15) is 35.4 Å². The Bertz CT molecular complexity index is 3020. The van der Waals surface area contributed by atoms with E-state index in [9.17, 15) is 4.39 Å². The van der Waals surface area contributed by atoms with Crippen molar-refractivity contribution in [2.75, 3.05) is 32.8 Å². The third-order valence-electron chi connectivity index (χ3n) is 12.7. The molecular formula is C66H64Br2FN3O3. The second-order valence-electron chi connectivity index (χ2n) is 18.3. The summed E-state index contributed by atoms with van der Waals surface area (Å²) in [7, 11) is 0. The lowest BCUT2D eigenvalue weighted by atomic mass is 9.96. The topological polar surface area (TPSA) is 64.8 Å². The highest BCUT2D eigenvalue weighted by atomic mass is 79.9. The summed E-state index contributed by atoms with van der Waals surface area (Å²) in [5.41, 5.74) is 13.7. The summed E-state index contributed by atoms with van der Waals surface area (Å²) >= 11 is 7.44. The van der Waals surface area contributed by atoms with Crippen LogP contribution in [0.2, 0.25) is 0 Å². The van der Waals surface area contributed by atoms with Gasteiger partial charge in [-0.3, -0.25) is 15.0 Å². The number of halogens is 3. The molecule has 0 saturated carbocycles. The van der Waals surface area contributed by atoms with Gasteiger partial charge in [0.25, 0.3) is 0 Å². The smallest absolute Gasteiger partial charge is 0.149 e. The zero-order valence-electron chi connectivity index (χ0n) is 42.9. The van der Waals surface area contributed by atoms with Crippen LogP contribution in [0, 0.1) is 0 Å². The van der Waals surface area contributed by atoms with Crippen molar-refractivity contribution in [1.82, 2.24) is 0 Å². The third-order valence-corrected chi connectivity index (χ3v) is 13.9. The van der Waals surface area contributed by atoms with Gasteiger partial charge in [-0.25, -0.2) is 4.39 Å². The van der Waals surface area contributed by atoms with Crippen molar-refractivity contribution in [1.29, 1.82) is 0 Å². The van der Waals surface area contributed by atoms with E-state index >= 15 is 0 Å². The van der Waals surface area contributed by atoms with Crippen LogP contribution >= 0.6 is 31.9 Å². The molecule has 0 atom stereocenters. The molecule has 0 fully saturated rings. The number of ether oxygens (including phenoxy) is 3. The van der Waals surface area contributed by atoms with Crippen molar-refractivity contribution < 1.29 is 18.6 Å². The zero-order chi connectivity index (χ0) is 52.0. The molecule has 0 radical (unpaired) electrons. The summed E-state index contributed by atoms with van der Waals surface area (Å²) in [5, 5.41) is 0. The van der Waals surface area contributed by atoms with E-state index in [2.05, 4.69) is 130 Å². The minimum absolute atomic E-state index is 0.290. The highest BCUT2D eigenvalue weighted by Crippen LogP contribution is 2.31. The van der Waals surface area contributed by atoms with Gasteiger partial charge in [-0.2, -0.15) is 0 Å². The van der Waals surface area contributed by atoms with Gasteiger partial charge in [-0.1, -0.05) is 148 Å². The monoisotopic (exact) mass is 1120 g/mol. The van der Waals surface area contributed by atoms with Gasteiger partial charge in [-0.15, -0.1) is 0 Å². The molecule has 0 aliphatic carbocycles. The van der Waals surface area contributed by atoms with Crippen LogP contribution in [-0.4, -0.2) is 50.0 Å². The number of benzene rings is 7. The Balaban J connectivity index is 0.000000150. The van der Waals surface area contributed by atoms with E-state index in [1.807, 2.05) is 109 Å². The molecule has 3 aliphatic heterocycles. The Kier molecular flexibility index (Phi) is 20.8. The van der Waals surface area contributed by atoms with Crippen LogP contribution < -0.4 is 14.2 Å². The van der Waals surface area contributed by atoms with Crippen molar-refractivity contribution in [3.05, 3.63) is 246 Å². The van der Waals surface area contributed by atoms with Crippen LogP contribution in [0.25, 0.3) is 18.2 Å². The van der Waals surface area contributed by atoms with Crippen molar-refractivity contribution in [3.63, 3.8) is 0 Å². The normalized spacial score (nSPS) is 13.9. The molecule has 0 aromatic heterocycles. The van der Waals surface area contributed by atoms with Crippen LogP contribution in [0.15, 0.2) is 206 Å². The summed E-state index contributed by atoms with van der Waals surface area (Å²) in [6, 6.07) is 58.8. The van der Waals surface area contributed by atoms with Gasteiger partial charge in [-0.05, 0) is 176 Å². The van der Waals surface area contributed by atoms with Gasteiger partial charge < -0.3 is 14.2 Å². The minimum Gasteiger partial charge on any atom is -0.494 e. The molecule has 0 saturated heterocycles. The molecular weight excluding hydrogens is 1060 g/mol. The lowest BCUT2D eigenvalue weighted by Crippen LogP contribution is -2.14. The second kappa shape index (κ2) is 28.7. The van der Waals surface area contributed by atoms with Crippen LogP contribution in [0.1, 0.15) is 95.2 Å². The van der Waals surface area contributed by atoms with E-state index in [-0.39, 0.29) is 5.83 Å². The van der Waals surface area contributed by atoms with E-state index in [0.717, 1.165) is 131 Å². The molecule has 7 aromatic carbocycles. The maximum Gasteiger partial charge on any atom is 0.149 e. The van der Waals surface area contributed by atoms with Crippen LogP contribution in [0.3, 0.4) is 0 Å². The fraction of sp³-hybridized carbons (Fsp3) is 0.227. The van der Waals surface area contributed by atoms with E-state index < -0.39 is 0 Å². The van der Waals surface area contributed by atoms with Gasteiger partial charge in [0, 0.05) is 45.3 Å². The largest absolute Gasteiger partial charge is 0.494 e. The Morgan fingerprint density at radius 1 is 0.453 bits per heavy atom. The van der Waals surface area contributed by atoms with E-state index in [1.165, 1.54) is 33.4 Å². The summed E-state index contributed by atoms with van der Waals surface area (Å²) in [6.45, 7) is 8.62. The molecule has 0 bridgehead atoms. The number of allylic oxidation sites excluding steroid dienone is 3. The molecule has 9 heteroatoms. The molecule has 3 heterocycles. The summed E-state index contributed by atoms with van der Waals surface area (Å²) in [6.07, 6.45) is 12.9.